The summed E-state index contributed by atoms with van der Waals surface area (Å²) < 4.78 is 10.9. The van der Waals surface area contributed by atoms with Crippen molar-refractivity contribution in [2.24, 2.45) is 34.7 Å². The van der Waals surface area contributed by atoms with Crippen LogP contribution in [0.4, 0.5) is 0 Å². The Hall–Kier alpha value is -3.42. The van der Waals surface area contributed by atoms with E-state index in [2.05, 4.69) is 10.1 Å². The number of carbonyl (C=O) groups excluding carboxylic acids is 2. The first-order valence-corrected chi connectivity index (χ1v) is 10.8. The summed E-state index contributed by atoms with van der Waals surface area (Å²) in [5, 5.41) is 4.41. The van der Waals surface area contributed by atoms with Crippen LogP contribution in [-0.4, -0.2) is 47.7 Å². The number of aromatic nitrogens is 1. The number of oxime groups is 1. The van der Waals surface area contributed by atoms with Crippen LogP contribution in [0.15, 0.2) is 47.9 Å². The summed E-state index contributed by atoms with van der Waals surface area (Å²) in [6.45, 7) is 0.265. The highest BCUT2D eigenvalue weighted by molar-refractivity contribution is 6.09. The lowest BCUT2D eigenvalue weighted by Crippen LogP contribution is -2.41. The van der Waals surface area contributed by atoms with E-state index in [1.807, 2.05) is 30.3 Å². The van der Waals surface area contributed by atoms with Gasteiger partial charge >= 0.3 is 0 Å². The molecule has 1 aromatic carbocycles. The Morgan fingerprint density at radius 2 is 1.88 bits per heavy atom. The maximum Gasteiger partial charge on any atom is 0.233 e. The second-order valence-electron chi connectivity index (χ2n) is 8.88. The van der Waals surface area contributed by atoms with Crippen molar-refractivity contribution in [1.29, 1.82) is 0 Å². The minimum atomic E-state index is -0.322. The number of ether oxygens (including phenoxy) is 2. The molecule has 0 unspecified atom stereocenters. The summed E-state index contributed by atoms with van der Waals surface area (Å²) in [6.07, 6.45) is 4.00. The van der Waals surface area contributed by atoms with E-state index in [1.54, 1.807) is 26.6 Å². The number of nitrogens with zero attached hydrogens (tertiary/aromatic N) is 3. The van der Waals surface area contributed by atoms with Crippen molar-refractivity contribution >= 4 is 17.5 Å². The lowest BCUT2D eigenvalue weighted by atomic mass is 9.71. The van der Waals surface area contributed by atoms with Crippen LogP contribution < -0.4 is 9.47 Å². The summed E-state index contributed by atoms with van der Waals surface area (Å²) >= 11 is 0. The number of amides is 2. The number of likely N-dealkylation sites (tertiary alicyclic amines) is 1. The fraction of sp³-hybridized carbons (Fsp3) is 0.417. The highest BCUT2D eigenvalue weighted by atomic mass is 16.6. The van der Waals surface area contributed by atoms with Gasteiger partial charge in [-0.25, -0.2) is 0 Å². The minimum absolute atomic E-state index is 0.00385. The molecular formula is C24H23N3O5. The molecular weight excluding hydrogens is 410 g/mol. The number of imide groups is 1. The van der Waals surface area contributed by atoms with Crippen LogP contribution in [0.2, 0.25) is 0 Å². The molecule has 2 aliphatic heterocycles. The van der Waals surface area contributed by atoms with Gasteiger partial charge in [0, 0.05) is 35.9 Å². The van der Waals surface area contributed by atoms with Gasteiger partial charge in [0.1, 0.15) is 17.6 Å². The van der Waals surface area contributed by atoms with Crippen LogP contribution in [0.25, 0.3) is 0 Å². The third kappa shape index (κ3) is 2.55. The standard InChI is InChI=1S/C24H23N3O5/c1-30-13-5-6-14(17(8-13)31-2)21-20-15-9-16(22(20)32-26-21)19-18(15)23(28)27(24(19)29)11-12-4-3-7-25-10-12/h3-8,10,15-16,18-20,22H,9,11H2,1-2H3/t15-,16+,18-,19+,20-,22-/m1/s1. The summed E-state index contributed by atoms with van der Waals surface area (Å²) in [6, 6.07) is 9.30. The van der Waals surface area contributed by atoms with E-state index in [0.717, 1.165) is 23.3 Å². The van der Waals surface area contributed by atoms with Crippen LogP contribution in [0, 0.1) is 29.6 Å². The number of rotatable bonds is 5. The molecule has 6 atom stereocenters. The van der Waals surface area contributed by atoms with Gasteiger partial charge in [-0.15, -0.1) is 0 Å². The van der Waals surface area contributed by atoms with Crippen molar-refractivity contribution in [3.8, 4) is 11.5 Å². The molecule has 2 amide bonds. The first kappa shape index (κ1) is 19.3. The third-order valence-electron chi connectivity index (χ3n) is 7.53. The Morgan fingerprint density at radius 3 is 2.59 bits per heavy atom. The Balaban J connectivity index is 1.31. The first-order valence-electron chi connectivity index (χ1n) is 10.8. The topological polar surface area (TPSA) is 90.3 Å². The number of hydrogen-bond acceptors (Lipinski definition) is 7. The zero-order chi connectivity index (χ0) is 22.0. The molecule has 1 aromatic heterocycles. The molecule has 1 saturated heterocycles. The van der Waals surface area contributed by atoms with Gasteiger partial charge in [0.25, 0.3) is 0 Å². The van der Waals surface area contributed by atoms with Crippen LogP contribution >= 0.6 is 0 Å². The molecule has 3 fully saturated rings. The van der Waals surface area contributed by atoms with Crippen molar-refractivity contribution < 1.29 is 23.9 Å². The predicted octanol–water partition coefficient (Wildman–Crippen LogP) is 2.27. The molecule has 0 radical (unpaired) electrons. The lowest BCUT2D eigenvalue weighted by molar-refractivity contribution is -0.141. The molecule has 8 heteroatoms. The minimum Gasteiger partial charge on any atom is -0.497 e. The quantitative estimate of drug-likeness (QED) is 0.672. The van der Waals surface area contributed by atoms with E-state index in [-0.39, 0.29) is 54.1 Å². The van der Waals surface area contributed by atoms with Crippen molar-refractivity contribution in [1.82, 2.24) is 9.88 Å². The molecule has 3 heterocycles. The van der Waals surface area contributed by atoms with Gasteiger partial charge in [0.05, 0.1) is 38.3 Å². The van der Waals surface area contributed by atoms with Crippen LogP contribution in [0.1, 0.15) is 17.5 Å². The number of carbonyl (C=O) groups is 2. The van der Waals surface area contributed by atoms with Crippen molar-refractivity contribution in [3.63, 3.8) is 0 Å². The SMILES string of the molecule is COc1ccc(C2=NO[C@@H]3[C@H]4C[C@H]([C@H]5C(=O)N(Cc6cccnc6)C(=O)[C@@H]45)[C@H]23)c(OC)c1. The molecule has 2 bridgehead atoms. The second-order valence-corrected chi connectivity index (χ2v) is 8.88. The Bertz CT molecular complexity index is 1130. The van der Waals surface area contributed by atoms with Crippen LogP contribution in [0.3, 0.4) is 0 Å². The van der Waals surface area contributed by atoms with Crippen LogP contribution in [-0.2, 0) is 21.0 Å². The van der Waals surface area contributed by atoms with E-state index in [0.29, 0.717) is 11.5 Å². The molecule has 0 spiro atoms. The van der Waals surface area contributed by atoms with Crippen molar-refractivity contribution in [2.45, 2.75) is 19.1 Å². The van der Waals surface area contributed by atoms with E-state index in [1.165, 1.54) is 4.90 Å². The molecule has 32 heavy (non-hydrogen) atoms. The van der Waals surface area contributed by atoms with Gasteiger partial charge in [0.2, 0.25) is 11.8 Å². The smallest absolute Gasteiger partial charge is 0.233 e. The van der Waals surface area contributed by atoms with E-state index >= 15 is 0 Å². The largest absolute Gasteiger partial charge is 0.497 e. The Labute approximate surface area is 185 Å². The summed E-state index contributed by atoms with van der Waals surface area (Å²) in [5.41, 5.74) is 2.49. The molecule has 6 rings (SSSR count). The van der Waals surface area contributed by atoms with E-state index < -0.39 is 0 Å². The number of benzene rings is 1. The monoisotopic (exact) mass is 433 g/mol. The van der Waals surface area contributed by atoms with Crippen molar-refractivity contribution in [2.75, 3.05) is 14.2 Å². The van der Waals surface area contributed by atoms with Crippen molar-refractivity contribution in [3.05, 3.63) is 53.9 Å². The zero-order valence-corrected chi connectivity index (χ0v) is 17.8. The number of fused-ring (bicyclic) bond motifs is 8. The summed E-state index contributed by atoms with van der Waals surface area (Å²) in [5.74, 6) is 0.528. The van der Waals surface area contributed by atoms with Gasteiger partial charge in [-0.3, -0.25) is 19.5 Å². The van der Waals surface area contributed by atoms with Gasteiger partial charge in [-0.05, 0) is 36.1 Å². The number of hydrogen-bond donors (Lipinski definition) is 0. The third-order valence-corrected chi connectivity index (χ3v) is 7.53. The predicted molar refractivity (Wildman–Crippen MR) is 113 cm³/mol. The van der Waals surface area contributed by atoms with E-state index in [9.17, 15) is 9.59 Å². The van der Waals surface area contributed by atoms with Gasteiger partial charge < -0.3 is 14.3 Å². The lowest BCUT2D eigenvalue weighted by Gasteiger charge is -2.30. The maximum atomic E-state index is 13.4. The molecule has 0 N–H and O–H groups in total. The van der Waals surface area contributed by atoms with Crippen LogP contribution in [0.5, 0.6) is 11.5 Å². The molecule has 8 nitrogen and oxygen atoms in total. The highest BCUT2D eigenvalue weighted by Gasteiger charge is 2.70. The van der Waals surface area contributed by atoms with Gasteiger partial charge in [-0.1, -0.05) is 11.2 Å². The Kier molecular flexibility index (Phi) is 4.25. The van der Waals surface area contributed by atoms with Gasteiger partial charge in [-0.2, -0.15) is 0 Å². The molecule has 2 aliphatic carbocycles. The summed E-state index contributed by atoms with van der Waals surface area (Å²) in [7, 11) is 3.22. The fourth-order valence-electron chi connectivity index (χ4n) is 6.25. The average Bonchev–Trinajstić information content (AvgIpc) is 3.56. The fourth-order valence-corrected chi connectivity index (χ4v) is 6.25. The highest BCUT2D eigenvalue weighted by Crippen LogP contribution is 2.62. The molecule has 2 saturated carbocycles. The number of pyridine rings is 1. The first-order chi connectivity index (χ1) is 15.6. The average molecular weight is 433 g/mol. The number of methoxy groups -OCH3 is 2. The Morgan fingerprint density at radius 1 is 1.06 bits per heavy atom. The van der Waals surface area contributed by atoms with Gasteiger partial charge in [0.15, 0.2) is 0 Å². The molecule has 2 aromatic rings. The molecule has 164 valence electrons. The second kappa shape index (κ2) is 7.05. The van der Waals surface area contributed by atoms with E-state index in [4.69, 9.17) is 14.3 Å². The maximum absolute atomic E-state index is 13.4. The zero-order valence-electron chi connectivity index (χ0n) is 17.8. The molecule has 4 aliphatic rings. The normalized spacial score (nSPS) is 31.9. The summed E-state index contributed by atoms with van der Waals surface area (Å²) in [4.78, 5) is 38.1.